The minimum absolute atomic E-state index is 0.130. The molecule has 1 fully saturated rings. The molecule has 1 aliphatic heterocycles. The van der Waals surface area contributed by atoms with Crippen LogP contribution in [0.1, 0.15) is 4.88 Å². The fraction of sp³-hybridized carbons (Fsp3) is 0.400. The summed E-state index contributed by atoms with van der Waals surface area (Å²) in [4.78, 5) is 41.3. The molecule has 13 nitrogen and oxygen atoms in total. The van der Waals surface area contributed by atoms with Gasteiger partial charge < -0.3 is 24.8 Å². The minimum Gasteiger partial charge on any atom is -0.443 e. The molecule has 0 aliphatic carbocycles. The number of nitrogens with zero attached hydrogens (tertiary/aromatic N) is 3. The van der Waals surface area contributed by atoms with Crippen LogP contribution in [-0.4, -0.2) is 67.5 Å². The summed E-state index contributed by atoms with van der Waals surface area (Å²) in [5, 5.41) is 40.1. The lowest BCUT2D eigenvalue weighted by Gasteiger charge is -2.28. The van der Waals surface area contributed by atoms with Crippen molar-refractivity contribution in [3.05, 3.63) is 49.9 Å². The van der Waals surface area contributed by atoms with Gasteiger partial charge in [-0.15, -0.1) is 0 Å². The van der Waals surface area contributed by atoms with Crippen LogP contribution in [0.3, 0.4) is 0 Å². The zero-order chi connectivity index (χ0) is 21.1. The van der Waals surface area contributed by atoms with Gasteiger partial charge in [-0.3, -0.25) is 15.1 Å². The molecule has 0 spiro atoms. The number of rotatable bonds is 6. The van der Waals surface area contributed by atoms with Crippen LogP contribution in [0, 0.1) is 10.1 Å². The summed E-state index contributed by atoms with van der Waals surface area (Å²) >= 11 is 0.814. The third-order valence-electron chi connectivity index (χ3n) is 4.05. The van der Waals surface area contributed by atoms with E-state index in [1.807, 2.05) is 0 Å². The molecule has 0 radical (unpaired) electrons. The largest absolute Gasteiger partial charge is 0.443 e. The van der Waals surface area contributed by atoms with Crippen molar-refractivity contribution < 1.29 is 34.5 Å². The van der Waals surface area contributed by atoms with E-state index >= 15 is 0 Å². The molecule has 2 aromatic heterocycles. The van der Waals surface area contributed by atoms with Gasteiger partial charge in [0.2, 0.25) is 0 Å². The number of nitro groups is 1. The van der Waals surface area contributed by atoms with Gasteiger partial charge in [0.25, 0.3) is 0 Å². The monoisotopic (exact) mass is 428 g/mol. The first-order chi connectivity index (χ1) is 13.8. The summed E-state index contributed by atoms with van der Waals surface area (Å²) in [6.07, 6.45) is -5.71. The highest BCUT2D eigenvalue weighted by Gasteiger charge is 2.48. The Morgan fingerprint density at radius 2 is 2.14 bits per heavy atom. The van der Waals surface area contributed by atoms with E-state index < -0.39 is 47.9 Å². The molecule has 1 saturated heterocycles. The quantitative estimate of drug-likeness (QED) is 0.339. The molecule has 1 amide bonds. The van der Waals surface area contributed by atoms with Crippen LogP contribution in [0.4, 0.5) is 15.6 Å². The van der Waals surface area contributed by atoms with Gasteiger partial charge in [-0.25, -0.2) is 19.5 Å². The maximum absolute atomic E-state index is 12.7. The average Bonchev–Trinajstić information content (AvgIpc) is 3.27. The molecule has 3 rings (SSSR count). The van der Waals surface area contributed by atoms with Gasteiger partial charge in [0.1, 0.15) is 30.7 Å². The second-order valence-corrected chi connectivity index (χ2v) is 7.06. The summed E-state index contributed by atoms with van der Waals surface area (Å²) in [7, 11) is 0. The highest BCUT2D eigenvalue weighted by Crippen LogP contribution is 2.29. The van der Waals surface area contributed by atoms with Crippen molar-refractivity contribution in [3.63, 3.8) is 0 Å². The molecule has 4 atom stereocenters. The number of amides is 1. The number of aliphatic hydroxyl groups is 3. The lowest BCUT2D eigenvalue weighted by molar-refractivity contribution is -0.380. The van der Waals surface area contributed by atoms with Crippen LogP contribution in [0.5, 0.6) is 0 Å². The van der Waals surface area contributed by atoms with Crippen molar-refractivity contribution in [1.82, 2.24) is 9.97 Å². The van der Waals surface area contributed by atoms with Crippen LogP contribution in [0.2, 0.25) is 0 Å². The van der Waals surface area contributed by atoms with Crippen molar-refractivity contribution in [2.24, 2.45) is 0 Å². The van der Waals surface area contributed by atoms with Crippen LogP contribution in [0.15, 0.2) is 29.2 Å². The molecule has 2 aromatic rings. The van der Waals surface area contributed by atoms with Crippen molar-refractivity contribution in [3.8, 4) is 0 Å². The first-order valence-corrected chi connectivity index (χ1v) is 9.00. The average molecular weight is 428 g/mol. The Balaban J connectivity index is 1.83. The van der Waals surface area contributed by atoms with Gasteiger partial charge in [0.15, 0.2) is 6.23 Å². The maximum atomic E-state index is 12.7. The van der Waals surface area contributed by atoms with E-state index in [0.29, 0.717) is 4.88 Å². The molecule has 3 heterocycles. The van der Waals surface area contributed by atoms with Gasteiger partial charge in [0, 0.05) is 17.1 Å². The summed E-state index contributed by atoms with van der Waals surface area (Å²) in [5.41, 5.74) is -0.791. The number of H-pyrrole nitrogens is 1. The lowest BCUT2D eigenvalue weighted by atomic mass is 10.1. The molecular weight excluding hydrogens is 412 g/mol. The molecule has 14 heteroatoms. The zero-order valence-corrected chi connectivity index (χ0v) is 15.4. The predicted molar refractivity (Wildman–Crippen MR) is 96.3 cm³/mol. The van der Waals surface area contributed by atoms with Crippen LogP contribution >= 0.6 is 11.3 Å². The number of hydrogen-bond donors (Lipinski definition) is 4. The van der Waals surface area contributed by atoms with E-state index in [9.17, 15) is 35.0 Å². The van der Waals surface area contributed by atoms with E-state index in [-0.39, 0.29) is 17.4 Å². The maximum Gasteiger partial charge on any atom is 0.418 e. The molecule has 1 aliphatic rings. The Morgan fingerprint density at radius 3 is 2.72 bits per heavy atom. The highest BCUT2D eigenvalue weighted by molar-refractivity contribution is 7.15. The van der Waals surface area contributed by atoms with E-state index in [2.05, 4.69) is 9.97 Å². The number of aromatic nitrogens is 2. The molecule has 156 valence electrons. The molecule has 29 heavy (non-hydrogen) atoms. The number of carbonyl (C=O) groups excluding carboxylic acids is 1. The first kappa shape index (κ1) is 20.8. The summed E-state index contributed by atoms with van der Waals surface area (Å²) in [6.45, 7) is -0.943. The van der Waals surface area contributed by atoms with E-state index in [4.69, 9.17) is 9.47 Å². The molecule has 4 N–H and O–H groups in total. The Kier molecular flexibility index (Phi) is 6.19. The Labute approximate surface area is 165 Å². The molecule has 0 bridgehead atoms. The summed E-state index contributed by atoms with van der Waals surface area (Å²) < 4.78 is 10.5. The number of hydrogen-bond acceptors (Lipinski definition) is 11. The van der Waals surface area contributed by atoms with Gasteiger partial charge in [-0.1, -0.05) is 11.3 Å². The molecule has 0 aromatic carbocycles. The smallest absolute Gasteiger partial charge is 0.418 e. The van der Waals surface area contributed by atoms with Crippen molar-refractivity contribution in [1.29, 1.82) is 0 Å². The number of aliphatic hydroxyl groups excluding tert-OH is 3. The normalized spacial score (nSPS) is 23.7. The van der Waals surface area contributed by atoms with Crippen LogP contribution in [-0.2, 0) is 16.1 Å². The van der Waals surface area contributed by atoms with Gasteiger partial charge in [-0.05, 0) is 12.1 Å². The fourth-order valence-corrected chi connectivity index (χ4v) is 3.41. The third kappa shape index (κ3) is 4.41. The van der Waals surface area contributed by atoms with Crippen molar-refractivity contribution >= 4 is 28.2 Å². The first-order valence-electron chi connectivity index (χ1n) is 8.18. The SMILES string of the molecule is O=C(OCc1ccc([N+](=O)[O-])s1)N(c1ccnc(=O)[nH]1)[C@@H]1O[C@H](CO)[C@@H](O)[C@@H]1O. The van der Waals surface area contributed by atoms with Crippen molar-refractivity contribution in [2.45, 2.75) is 31.1 Å². The summed E-state index contributed by atoms with van der Waals surface area (Å²) in [5.74, 6) is -0.137. The number of anilines is 1. The number of thiophene rings is 1. The number of carbonyl (C=O) groups is 1. The Hall–Kier alpha value is -2.91. The van der Waals surface area contributed by atoms with E-state index in [0.717, 1.165) is 22.4 Å². The van der Waals surface area contributed by atoms with E-state index in [1.165, 1.54) is 18.2 Å². The van der Waals surface area contributed by atoms with Gasteiger partial charge in [-0.2, -0.15) is 0 Å². The fourth-order valence-electron chi connectivity index (χ4n) is 2.68. The predicted octanol–water partition coefficient (Wildman–Crippen LogP) is -0.678. The molecule has 0 saturated carbocycles. The second kappa shape index (κ2) is 8.62. The number of nitrogens with one attached hydrogen (secondary N) is 1. The van der Waals surface area contributed by atoms with Gasteiger partial charge >= 0.3 is 16.8 Å². The number of aromatic amines is 1. The highest BCUT2D eigenvalue weighted by atomic mass is 32.1. The standard InChI is InChI=1S/C15H16N4O9S/c20-5-8-11(21)12(22)13(28-8)18(9-3-4-16-14(23)17-9)15(24)27-6-7-1-2-10(29-7)19(25)26/h1-4,8,11-13,20-22H,5-6H2,(H,16,17,23)/t8-,11-,12+,13-/m1/s1. The van der Waals surface area contributed by atoms with Gasteiger partial charge in [0.05, 0.1) is 11.5 Å². The molecular formula is C15H16N4O9S. The zero-order valence-electron chi connectivity index (χ0n) is 14.6. The van der Waals surface area contributed by atoms with Crippen LogP contribution in [0.25, 0.3) is 0 Å². The Morgan fingerprint density at radius 1 is 1.38 bits per heavy atom. The number of ether oxygens (including phenoxy) is 2. The topological polar surface area (TPSA) is 188 Å². The Bertz CT molecular complexity index is 948. The molecule has 0 unspecified atom stereocenters. The van der Waals surface area contributed by atoms with Crippen molar-refractivity contribution in [2.75, 3.05) is 11.5 Å². The lowest BCUT2D eigenvalue weighted by Crippen LogP contribution is -2.48. The van der Waals surface area contributed by atoms with E-state index in [1.54, 1.807) is 0 Å². The second-order valence-electron chi connectivity index (χ2n) is 5.91. The third-order valence-corrected chi connectivity index (χ3v) is 5.06. The minimum atomic E-state index is -1.61. The van der Waals surface area contributed by atoms with Crippen LogP contribution < -0.4 is 10.6 Å². The summed E-state index contributed by atoms with van der Waals surface area (Å²) in [6, 6.07) is 3.92.